The molecule has 0 saturated carbocycles. The predicted molar refractivity (Wildman–Crippen MR) is 53.4 cm³/mol. The van der Waals surface area contributed by atoms with Gasteiger partial charge in [-0.3, -0.25) is 4.79 Å². The summed E-state index contributed by atoms with van der Waals surface area (Å²) in [5.74, 6) is 0.197. The number of carbonyl (C=O) groups is 1. The van der Waals surface area contributed by atoms with Crippen LogP contribution < -0.4 is 0 Å². The average Bonchev–Trinajstić information content (AvgIpc) is 2.04. The highest BCUT2D eigenvalue weighted by Crippen LogP contribution is 2.02. The van der Waals surface area contributed by atoms with E-state index in [0.717, 1.165) is 0 Å². The number of ketones is 1. The summed E-state index contributed by atoms with van der Waals surface area (Å²) in [5.41, 5.74) is 0.494. The van der Waals surface area contributed by atoms with Crippen molar-refractivity contribution in [1.82, 2.24) is 0 Å². The zero-order valence-electron chi connectivity index (χ0n) is 8.17. The van der Waals surface area contributed by atoms with Crippen LogP contribution in [0.25, 0.3) is 0 Å². The summed E-state index contributed by atoms with van der Waals surface area (Å²) in [6.45, 7) is 6.73. The Morgan fingerprint density at radius 1 is 1.38 bits per heavy atom. The Morgan fingerprint density at radius 3 is 2.31 bits per heavy atom. The molecule has 0 heterocycles. The number of carbonyl (C=O) groups excluding carboxylic acids is 1. The number of hydrogen-bond acceptors (Lipinski definition) is 3. The lowest BCUT2D eigenvalue weighted by molar-refractivity contribution is -0.115. The first-order valence-corrected chi connectivity index (χ1v) is 6.10. The molecule has 13 heavy (non-hydrogen) atoms. The SMILES string of the molecule is C=C(C)C(=O)CCCS(=O)(=O)CC. The Labute approximate surface area is 79.8 Å². The first-order chi connectivity index (χ1) is 5.89. The largest absolute Gasteiger partial charge is 0.295 e. The molecule has 3 nitrogen and oxygen atoms in total. The lowest BCUT2D eigenvalue weighted by Gasteiger charge is -2.00. The fourth-order valence-electron chi connectivity index (χ4n) is 0.810. The van der Waals surface area contributed by atoms with Crippen LogP contribution in [-0.2, 0) is 14.6 Å². The van der Waals surface area contributed by atoms with Crippen LogP contribution in [0.3, 0.4) is 0 Å². The molecule has 4 heteroatoms. The number of allylic oxidation sites excluding steroid dienone is 1. The third kappa shape index (κ3) is 5.58. The molecule has 0 aliphatic rings. The van der Waals surface area contributed by atoms with Gasteiger partial charge in [0.15, 0.2) is 5.78 Å². The van der Waals surface area contributed by atoms with Gasteiger partial charge in [-0.05, 0) is 18.9 Å². The third-order valence-corrected chi connectivity index (χ3v) is 3.57. The Kier molecular flexibility index (Phi) is 4.91. The van der Waals surface area contributed by atoms with Crippen LogP contribution in [0.4, 0.5) is 0 Å². The maximum atomic E-state index is 11.0. The highest BCUT2D eigenvalue weighted by Gasteiger charge is 2.09. The maximum absolute atomic E-state index is 11.0. The highest BCUT2D eigenvalue weighted by molar-refractivity contribution is 7.91. The molecule has 0 amide bonds. The Balaban J connectivity index is 3.82. The van der Waals surface area contributed by atoms with Crippen LogP contribution in [0.15, 0.2) is 12.2 Å². The van der Waals surface area contributed by atoms with Gasteiger partial charge in [0.2, 0.25) is 0 Å². The summed E-state index contributed by atoms with van der Waals surface area (Å²) in [6, 6.07) is 0. The number of sulfone groups is 1. The number of Topliss-reactive ketones (excluding diaryl/α,β-unsaturated/α-hetero) is 1. The first-order valence-electron chi connectivity index (χ1n) is 4.28. The van der Waals surface area contributed by atoms with Crippen LogP contribution in [0, 0.1) is 0 Å². The summed E-state index contributed by atoms with van der Waals surface area (Å²) in [4.78, 5) is 11.0. The lowest BCUT2D eigenvalue weighted by atomic mass is 10.1. The van der Waals surface area contributed by atoms with Gasteiger partial charge in [0.25, 0.3) is 0 Å². The van der Waals surface area contributed by atoms with Crippen molar-refractivity contribution in [2.75, 3.05) is 11.5 Å². The van der Waals surface area contributed by atoms with E-state index >= 15 is 0 Å². The van der Waals surface area contributed by atoms with E-state index in [2.05, 4.69) is 6.58 Å². The van der Waals surface area contributed by atoms with Gasteiger partial charge in [0.05, 0.1) is 5.75 Å². The molecule has 0 radical (unpaired) electrons. The van der Waals surface area contributed by atoms with Gasteiger partial charge < -0.3 is 0 Å². The molecule has 0 rings (SSSR count). The van der Waals surface area contributed by atoms with Gasteiger partial charge in [0, 0.05) is 12.2 Å². The fraction of sp³-hybridized carbons (Fsp3) is 0.667. The number of rotatable bonds is 6. The topological polar surface area (TPSA) is 51.2 Å². The second-order valence-electron chi connectivity index (χ2n) is 3.04. The Bertz CT molecular complexity index is 288. The first kappa shape index (κ1) is 12.4. The van der Waals surface area contributed by atoms with Gasteiger partial charge in [-0.2, -0.15) is 0 Å². The van der Waals surface area contributed by atoms with Crippen LogP contribution in [0.1, 0.15) is 26.7 Å². The van der Waals surface area contributed by atoms with Gasteiger partial charge >= 0.3 is 0 Å². The van der Waals surface area contributed by atoms with E-state index in [1.54, 1.807) is 13.8 Å². The van der Waals surface area contributed by atoms with E-state index in [1.165, 1.54) is 0 Å². The molecule has 0 aromatic heterocycles. The maximum Gasteiger partial charge on any atom is 0.158 e. The molecule has 0 aromatic rings. The van der Waals surface area contributed by atoms with Gasteiger partial charge in [-0.1, -0.05) is 13.5 Å². The monoisotopic (exact) mass is 204 g/mol. The summed E-state index contributed by atoms with van der Waals surface area (Å²) in [5, 5.41) is 0. The Morgan fingerprint density at radius 2 is 1.92 bits per heavy atom. The predicted octanol–water partition coefficient (Wildman–Crippen LogP) is 1.35. The molecule has 0 fully saturated rings. The molecule has 0 saturated heterocycles. The molecular formula is C9H16O3S. The molecule has 76 valence electrons. The summed E-state index contributed by atoms with van der Waals surface area (Å²) >= 11 is 0. The number of hydrogen-bond donors (Lipinski definition) is 0. The smallest absolute Gasteiger partial charge is 0.158 e. The van der Waals surface area contributed by atoms with E-state index in [0.29, 0.717) is 12.0 Å². The minimum atomic E-state index is -2.92. The molecule has 0 aliphatic heterocycles. The molecule has 0 aromatic carbocycles. The van der Waals surface area contributed by atoms with E-state index in [1.807, 2.05) is 0 Å². The van der Waals surface area contributed by atoms with Gasteiger partial charge in [-0.25, -0.2) is 8.42 Å². The van der Waals surface area contributed by atoms with Crippen molar-refractivity contribution in [3.8, 4) is 0 Å². The minimum Gasteiger partial charge on any atom is -0.295 e. The Hall–Kier alpha value is -0.640. The zero-order chi connectivity index (χ0) is 10.5. The van der Waals surface area contributed by atoms with Crippen molar-refractivity contribution in [2.24, 2.45) is 0 Å². The van der Waals surface area contributed by atoms with Crippen LogP contribution in [-0.4, -0.2) is 25.7 Å². The second kappa shape index (κ2) is 5.17. The van der Waals surface area contributed by atoms with E-state index in [4.69, 9.17) is 0 Å². The lowest BCUT2D eigenvalue weighted by Crippen LogP contribution is -2.10. The van der Waals surface area contributed by atoms with E-state index in [-0.39, 0.29) is 23.7 Å². The van der Waals surface area contributed by atoms with Gasteiger partial charge in [-0.15, -0.1) is 0 Å². The summed E-state index contributed by atoms with van der Waals surface area (Å²) in [6.07, 6.45) is 0.691. The highest BCUT2D eigenvalue weighted by atomic mass is 32.2. The van der Waals surface area contributed by atoms with Crippen molar-refractivity contribution in [3.63, 3.8) is 0 Å². The molecule has 0 spiro atoms. The fourth-order valence-corrected chi connectivity index (χ4v) is 1.68. The van der Waals surface area contributed by atoms with Crippen molar-refractivity contribution in [3.05, 3.63) is 12.2 Å². The average molecular weight is 204 g/mol. The normalized spacial score (nSPS) is 11.2. The van der Waals surface area contributed by atoms with Crippen molar-refractivity contribution >= 4 is 15.6 Å². The molecule has 0 bridgehead atoms. The second-order valence-corrected chi connectivity index (χ2v) is 5.52. The van der Waals surface area contributed by atoms with E-state index in [9.17, 15) is 13.2 Å². The third-order valence-electron chi connectivity index (χ3n) is 1.78. The van der Waals surface area contributed by atoms with Crippen molar-refractivity contribution < 1.29 is 13.2 Å². The van der Waals surface area contributed by atoms with Crippen LogP contribution in [0.2, 0.25) is 0 Å². The summed E-state index contributed by atoms with van der Waals surface area (Å²) in [7, 11) is -2.92. The molecule has 0 N–H and O–H groups in total. The molecular weight excluding hydrogens is 188 g/mol. The zero-order valence-corrected chi connectivity index (χ0v) is 8.99. The molecule has 0 atom stereocenters. The minimum absolute atomic E-state index is 0.0497. The molecule has 0 aliphatic carbocycles. The van der Waals surface area contributed by atoms with Crippen molar-refractivity contribution in [2.45, 2.75) is 26.7 Å². The van der Waals surface area contributed by atoms with Crippen LogP contribution in [0.5, 0.6) is 0 Å². The standard InChI is InChI=1S/C9H16O3S/c1-4-13(11,12)7-5-6-9(10)8(2)3/h2,4-7H2,1,3H3. The van der Waals surface area contributed by atoms with Gasteiger partial charge in [0.1, 0.15) is 9.84 Å². The quantitative estimate of drug-likeness (QED) is 0.614. The molecule has 0 unspecified atom stereocenters. The van der Waals surface area contributed by atoms with Crippen molar-refractivity contribution in [1.29, 1.82) is 0 Å². The summed E-state index contributed by atoms with van der Waals surface area (Å²) < 4.78 is 22.0. The van der Waals surface area contributed by atoms with Crippen LogP contribution >= 0.6 is 0 Å². The van der Waals surface area contributed by atoms with E-state index < -0.39 is 9.84 Å².